The molecule has 1 amide bonds. The van der Waals surface area contributed by atoms with Gasteiger partial charge in [0.15, 0.2) is 0 Å². The normalized spacial score (nSPS) is 17.6. The molecule has 2 heterocycles. The van der Waals surface area contributed by atoms with Gasteiger partial charge in [0, 0.05) is 35.1 Å². The molecule has 1 saturated heterocycles. The Kier molecular flexibility index (Phi) is 5.45. The van der Waals surface area contributed by atoms with Gasteiger partial charge in [0.2, 0.25) is 5.95 Å². The Labute approximate surface area is 150 Å². The number of carbonyl (C=O) groups is 1. The second kappa shape index (κ2) is 7.75. The maximum atomic E-state index is 12.7. The summed E-state index contributed by atoms with van der Waals surface area (Å²) in [6.45, 7) is 2.97. The number of carbonyl (C=O) groups excluding carboxylic acids is 1. The van der Waals surface area contributed by atoms with Crippen LogP contribution in [-0.4, -0.2) is 33.4 Å². The standard InChI is InChI=1S/C18H21BrN4O/c1-2-16-5-3-4-10-23(16)17(24)13-11-20-18(21-12-13)22-15-8-6-14(19)7-9-15/h6-9,11-12,16H,2-5,10H2,1H3,(H,20,21,22). The Morgan fingerprint density at radius 2 is 1.96 bits per heavy atom. The third-order valence-electron chi connectivity index (χ3n) is 4.36. The maximum Gasteiger partial charge on any atom is 0.257 e. The summed E-state index contributed by atoms with van der Waals surface area (Å²) in [6, 6.07) is 8.10. The highest BCUT2D eigenvalue weighted by Crippen LogP contribution is 2.22. The first-order valence-corrected chi connectivity index (χ1v) is 9.12. The van der Waals surface area contributed by atoms with Gasteiger partial charge in [-0.05, 0) is 49.9 Å². The van der Waals surface area contributed by atoms with Crippen molar-refractivity contribution >= 4 is 33.5 Å². The lowest BCUT2D eigenvalue weighted by atomic mass is 9.99. The largest absolute Gasteiger partial charge is 0.336 e. The molecule has 126 valence electrons. The van der Waals surface area contributed by atoms with Crippen molar-refractivity contribution in [2.75, 3.05) is 11.9 Å². The van der Waals surface area contributed by atoms with Crippen molar-refractivity contribution in [1.82, 2.24) is 14.9 Å². The van der Waals surface area contributed by atoms with E-state index in [2.05, 4.69) is 38.1 Å². The van der Waals surface area contributed by atoms with Crippen molar-refractivity contribution < 1.29 is 4.79 Å². The van der Waals surface area contributed by atoms with Gasteiger partial charge in [-0.1, -0.05) is 22.9 Å². The lowest BCUT2D eigenvalue weighted by Gasteiger charge is -2.35. The van der Waals surface area contributed by atoms with Gasteiger partial charge >= 0.3 is 0 Å². The number of halogens is 1. The number of hydrogen-bond donors (Lipinski definition) is 1. The van der Waals surface area contributed by atoms with E-state index >= 15 is 0 Å². The molecular formula is C18H21BrN4O. The Hall–Kier alpha value is -1.95. The Morgan fingerprint density at radius 3 is 2.62 bits per heavy atom. The molecule has 1 aromatic carbocycles. The highest BCUT2D eigenvalue weighted by Gasteiger charge is 2.26. The Bertz CT molecular complexity index is 687. The summed E-state index contributed by atoms with van der Waals surface area (Å²) in [7, 11) is 0. The van der Waals surface area contributed by atoms with Crippen LogP contribution in [-0.2, 0) is 0 Å². The lowest BCUT2D eigenvalue weighted by molar-refractivity contribution is 0.0607. The molecule has 3 rings (SSSR count). The van der Waals surface area contributed by atoms with Crippen LogP contribution in [0.15, 0.2) is 41.1 Å². The summed E-state index contributed by atoms with van der Waals surface area (Å²) in [6.07, 6.45) is 7.58. The van der Waals surface area contributed by atoms with Gasteiger partial charge in [-0.2, -0.15) is 0 Å². The first-order chi connectivity index (χ1) is 11.7. The minimum absolute atomic E-state index is 0.0386. The van der Waals surface area contributed by atoms with E-state index in [4.69, 9.17) is 0 Å². The van der Waals surface area contributed by atoms with Gasteiger partial charge in [-0.25, -0.2) is 9.97 Å². The number of hydrogen-bond acceptors (Lipinski definition) is 4. The quantitative estimate of drug-likeness (QED) is 0.843. The zero-order valence-electron chi connectivity index (χ0n) is 13.7. The monoisotopic (exact) mass is 388 g/mol. The van der Waals surface area contributed by atoms with E-state index in [1.165, 1.54) is 6.42 Å². The topological polar surface area (TPSA) is 58.1 Å². The molecule has 0 aliphatic carbocycles. The first kappa shape index (κ1) is 16.9. The number of nitrogens with one attached hydrogen (secondary N) is 1. The van der Waals surface area contributed by atoms with Crippen molar-refractivity contribution in [3.05, 3.63) is 46.7 Å². The summed E-state index contributed by atoms with van der Waals surface area (Å²) in [5.74, 6) is 0.524. The summed E-state index contributed by atoms with van der Waals surface area (Å²) < 4.78 is 1.02. The minimum Gasteiger partial charge on any atom is -0.336 e. The molecule has 0 radical (unpaired) electrons. The fourth-order valence-corrected chi connectivity index (χ4v) is 3.29. The Morgan fingerprint density at radius 1 is 1.25 bits per heavy atom. The molecule has 1 unspecified atom stereocenters. The minimum atomic E-state index is 0.0386. The van der Waals surface area contributed by atoms with E-state index < -0.39 is 0 Å². The van der Waals surface area contributed by atoms with Gasteiger partial charge in [0.25, 0.3) is 5.91 Å². The van der Waals surface area contributed by atoms with Crippen molar-refractivity contribution in [1.29, 1.82) is 0 Å². The lowest BCUT2D eigenvalue weighted by Crippen LogP contribution is -2.43. The molecule has 1 fully saturated rings. The van der Waals surface area contributed by atoms with Gasteiger partial charge in [0.05, 0.1) is 5.56 Å². The number of anilines is 2. The van der Waals surface area contributed by atoms with Gasteiger partial charge in [0.1, 0.15) is 0 Å². The second-order valence-electron chi connectivity index (χ2n) is 5.98. The van der Waals surface area contributed by atoms with Gasteiger partial charge in [-0.3, -0.25) is 4.79 Å². The molecule has 0 spiro atoms. The summed E-state index contributed by atoms with van der Waals surface area (Å²) >= 11 is 3.40. The van der Waals surface area contributed by atoms with Crippen LogP contribution in [0.1, 0.15) is 43.0 Å². The molecule has 1 aliphatic heterocycles. The number of aromatic nitrogens is 2. The molecular weight excluding hydrogens is 368 g/mol. The molecule has 5 nitrogen and oxygen atoms in total. The van der Waals surface area contributed by atoms with E-state index in [0.717, 1.165) is 36.0 Å². The molecule has 1 atom stereocenters. The molecule has 2 aromatic rings. The van der Waals surface area contributed by atoms with Crippen LogP contribution in [0.4, 0.5) is 11.6 Å². The fourth-order valence-electron chi connectivity index (χ4n) is 3.02. The van der Waals surface area contributed by atoms with Crippen LogP contribution < -0.4 is 5.32 Å². The molecule has 0 bridgehead atoms. The van der Waals surface area contributed by atoms with Crippen molar-refractivity contribution in [3.8, 4) is 0 Å². The average Bonchev–Trinajstić information content (AvgIpc) is 2.63. The van der Waals surface area contributed by atoms with Crippen LogP contribution in [0, 0.1) is 0 Å². The van der Waals surface area contributed by atoms with E-state index in [1.54, 1.807) is 12.4 Å². The highest BCUT2D eigenvalue weighted by atomic mass is 79.9. The van der Waals surface area contributed by atoms with Crippen molar-refractivity contribution in [2.24, 2.45) is 0 Å². The van der Waals surface area contributed by atoms with Gasteiger partial charge in [-0.15, -0.1) is 0 Å². The van der Waals surface area contributed by atoms with Crippen LogP contribution in [0.2, 0.25) is 0 Å². The van der Waals surface area contributed by atoms with Crippen molar-refractivity contribution in [2.45, 2.75) is 38.6 Å². The number of rotatable bonds is 4. The number of likely N-dealkylation sites (tertiary alicyclic amines) is 1. The fraction of sp³-hybridized carbons (Fsp3) is 0.389. The zero-order chi connectivity index (χ0) is 16.9. The Balaban J connectivity index is 1.69. The van der Waals surface area contributed by atoms with E-state index in [1.807, 2.05) is 29.2 Å². The number of piperidine rings is 1. The highest BCUT2D eigenvalue weighted by molar-refractivity contribution is 9.10. The summed E-state index contributed by atoms with van der Waals surface area (Å²) in [5, 5.41) is 3.13. The van der Waals surface area contributed by atoms with Crippen LogP contribution in [0.25, 0.3) is 0 Å². The van der Waals surface area contributed by atoms with E-state index in [9.17, 15) is 4.79 Å². The second-order valence-corrected chi connectivity index (χ2v) is 6.90. The predicted octanol–water partition coefficient (Wildman–Crippen LogP) is 4.39. The maximum absolute atomic E-state index is 12.7. The number of amides is 1. The van der Waals surface area contributed by atoms with Crippen LogP contribution in [0.3, 0.4) is 0 Å². The molecule has 1 aromatic heterocycles. The molecule has 1 N–H and O–H groups in total. The number of benzene rings is 1. The third-order valence-corrected chi connectivity index (χ3v) is 4.89. The smallest absolute Gasteiger partial charge is 0.257 e. The summed E-state index contributed by atoms with van der Waals surface area (Å²) in [5.41, 5.74) is 1.45. The van der Waals surface area contributed by atoms with Crippen LogP contribution in [0.5, 0.6) is 0 Å². The van der Waals surface area contributed by atoms with Gasteiger partial charge < -0.3 is 10.2 Å². The predicted molar refractivity (Wildman–Crippen MR) is 98.4 cm³/mol. The van der Waals surface area contributed by atoms with Crippen LogP contribution >= 0.6 is 15.9 Å². The SMILES string of the molecule is CCC1CCCCN1C(=O)c1cnc(Nc2ccc(Br)cc2)nc1. The van der Waals surface area contributed by atoms with E-state index in [-0.39, 0.29) is 5.91 Å². The molecule has 24 heavy (non-hydrogen) atoms. The average molecular weight is 389 g/mol. The summed E-state index contributed by atoms with van der Waals surface area (Å²) in [4.78, 5) is 23.2. The van der Waals surface area contributed by atoms with E-state index in [0.29, 0.717) is 17.6 Å². The number of nitrogens with zero attached hydrogens (tertiary/aromatic N) is 3. The first-order valence-electron chi connectivity index (χ1n) is 8.33. The molecule has 6 heteroatoms. The molecule has 1 aliphatic rings. The molecule has 0 saturated carbocycles. The third kappa shape index (κ3) is 3.93. The van der Waals surface area contributed by atoms with Crippen molar-refractivity contribution in [3.63, 3.8) is 0 Å². The zero-order valence-corrected chi connectivity index (χ0v) is 15.3.